The molecular weight excluding hydrogens is 446 g/mol. The molecule has 3 aromatic rings. The molecule has 4 nitrogen and oxygen atoms in total. The van der Waals surface area contributed by atoms with Crippen LogP contribution in [-0.2, 0) is 6.54 Å². The molecule has 0 saturated heterocycles. The van der Waals surface area contributed by atoms with Crippen LogP contribution in [0.4, 0.5) is 0 Å². The summed E-state index contributed by atoms with van der Waals surface area (Å²) in [5.74, 6) is -0.263. The third-order valence-corrected chi connectivity index (χ3v) is 5.59. The van der Waals surface area contributed by atoms with Crippen LogP contribution in [0.5, 0.6) is 0 Å². The van der Waals surface area contributed by atoms with Crippen molar-refractivity contribution in [1.29, 1.82) is 0 Å². The molecule has 0 spiro atoms. The first kappa shape index (κ1) is 19.6. The molecule has 7 heteroatoms. The van der Waals surface area contributed by atoms with Gasteiger partial charge in [-0.1, -0.05) is 63.1 Å². The van der Waals surface area contributed by atoms with Crippen molar-refractivity contribution in [2.75, 3.05) is 0 Å². The van der Waals surface area contributed by atoms with Crippen LogP contribution < -0.4 is 10.2 Å². The van der Waals surface area contributed by atoms with Crippen molar-refractivity contribution in [1.82, 2.24) is 9.99 Å². The lowest BCUT2D eigenvalue weighted by Gasteiger charge is -2.08. The number of rotatable bonds is 5. The molecule has 3 rings (SSSR count). The van der Waals surface area contributed by atoms with E-state index in [1.54, 1.807) is 18.2 Å². The summed E-state index contributed by atoms with van der Waals surface area (Å²) in [6.07, 6.45) is 1.81. The minimum absolute atomic E-state index is 0.263. The largest absolute Gasteiger partial charge is 0.311 e. The van der Waals surface area contributed by atoms with Crippen molar-refractivity contribution in [3.05, 3.63) is 85.9 Å². The van der Waals surface area contributed by atoms with Crippen LogP contribution in [0.25, 0.3) is 11.3 Å². The Hall–Kier alpha value is -2.15. The number of nitrogens with zero attached hydrogens (tertiary/aromatic N) is 2. The number of nitrogens with one attached hydrogen (secondary N) is 1. The van der Waals surface area contributed by atoms with E-state index < -0.39 is 0 Å². The molecule has 0 aliphatic heterocycles. The predicted molar refractivity (Wildman–Crippen MR) is 115 cm³/mol. The highest BCUT2D eigenvalue weighted by atomic mass is 79.9. The Labute approximate surface area is 174 Å². The Morgan fingerprint density at radius 1 is 1.33 bits per heavy atom. The van der Waals surface area contributed by atoms with Gasteiger partial charge in [-0.2, -0.15) is 0 Å². The number of hydrogen-bond acceptors (Lipinski definition) is 3. The second-order valence-electron chi connectivity index (χ2n) is 5.76. The van der Waals surface area contributed by atoms with E-state index in [1.165, 1.54) is 11.3 Å². The molecule has 0 fully saturated rings. The number of aryl methyl sites for hydroxylation is 1. The topological polar surface area (TPSA) is 46.4 Å². The first-order valence-corrected chi connectivity index (χ1v) is 10.1. The summed E-state index contributed by atoms with van der Waals surface area (Å²) in [5, 5.41) is 5.04. The maximum atomic E-state index is 12.4. The maximum Gasteiger partial charge on any atom is 0.271 e. The van der Waals surface area contributed by atoms with Gasteiger partial charge in [0, 0.05) is 26.5 Å². The average Bonchev–Trinajstić information content (AvgIpc) is 2.96. The second-order valence-corrected chi connectivity index (χ2v) is 8.29. The van der Waals surface area contributed by atoms with Crippen molar-refractivity contribution in [2.24, 2.45) is 5.10 Å². The number of carbonyl (C=O) groups excluding carboxylic acids is 1. The van der Waals surface area contributed by atoms with E-state index in [4.69, 9.17) is 11.6 Å². The standard InChI is InChI=1S/C20H17BrClN3OS/c1-3-11-25-18(14-7-9-17(22)10-8-14)13(2)27-20(25)24-23-19(26)15-5-4-6-16(21)12-15/h3-10,12H,1,11H2,2H3,(H,23,26)/b24-20-. The quantitative estimate of drug-likeness (QED) is 0.402. The molecule has 0 unspecified atom stereocenters. The van der Waals surface area contributed by atoms with Crippen LogP contribution in [0.15, 0.2) is 70.8 Å². The van der Waals surface area contributed by atoms with E-state index in [9.17, 15) is 4.79 Å². The molecule has 2 aromatic carbocycles. The van der Waals surface area contributed by atoms with Crippen molar-refractivity contribution in [3.8, 4) is 11.3 Å². The van der Waals surface area contributed by atoms with E-state index in [1.807, 2.05) is 47.9 Å². The normalized spacial score (nSPS) is 11.4. The van der Waals surface area contributed by atoms with Crippen LogP contribution in [0.1, 0.15) is 15.2 Å². The average molecular weight is 463 g/mol. The number of allylic oxidation sites excluding steroid dienone is 1. The smallest absolute Gasteiger partial charge is 0.271 e. The van der Waals surface area contributed by atoms with Gasteiger partial charge in [-0.25, -0.2) is 5.43 Å². The first-order chi connectivity index (χ1) is 13.0. The Kier molecular flexibility index (Phi) is 6.31. The number of halogens is 2. The molecule has 1 aromatic heterocycles. The van der Waals surface area contributed by atoms with E-state index >= 15 is 0 Å². The van der Waals surface area contributed by atoms with Gasteiger partial charge in [0.05, 0.1) is 5.69 Å². The molecule has 0 bridgehead atoms. The SMILES string of the molecule is C=CCn1c(-c2ccc(Cl)cc2)c(C)s/c1=N\NC(=O)c1cccc(Br)c1. The fourth-order valence-electron chi connectivity index (χ4n) is 2.67. The molecule has 1 heterocycles. The molecule has 27 heavy (non-hydrogen) atoms. The summed E-state index contributed by atoms with van der Waals surface area (Å²) in [5.41, 5.74) is 5.25. The number of amides is 1. The highest BCUT2D eigenvalue weighted by molar-refractivity contribution is 9.10. The van der Waals surface area contributed by atoms with Crippen LogP contribution in [-0.4, -0.2) is 10.5 Å². The number of carbonyl (C=O) groups is 1. The van der Waals surface area contributed by atoms with E-state index in [0.717, 1.165) is 20.6 Å². The Balaban J connectivity index is 1.99. The molecular formula is C20H17BrClN3OS. The molecule has 0 saturated carbocycles. The molecule has 0 radical (unpaired) electrons. The van der Waals surface area contributed by atoms with Gasteiger partial charge in [0.25, 0.3) is 5.91 Å². The zero-order chi connectivity index (χ0) is 19.4. The molecule has 138 valence electrons. The lowest BCUT2D eigenvalue weighted by atomic mass is 10.1. The highest BCUT2D eigenvalue weighted by Crippen LogP contribution is 2.26. The van der Waals surface area contributed by atoms with E-state index in [2.05, 4.69) is 33.0 Å². The lowest BCUT2D eigenvalue weighted by molar-refractivity contribution is 0.0953. The lowest BCUT2D eigenvalue weighted by Crippen LogP contribution is -2.24. The summed E-state index contributed by atoms with van der Waals surface area (Å²) in [4.78, 5) is 14.2. The third kappa shape index (κ3) is 4.58. The van der Waals surface area contributed by atoms with Crippen molar-refractivity contribution >= 4 is 44.8 Å². The van der Waals surface area contributed by atoms with Crippen LogP contribution in [0.2, 0.25) is 5.02 Å². The fourth-order valence-corrected chi connectivity index (χ4v) is 4.16. The summed E-state index contributed by atoms with van der Waals surface area (Å²) in [6.45, 7) is 6.44. The van der Waals surface area contributed by atoms with E-state index in [0.29, 0.717) is 21.9 Å². The van der Waals surface area contributed by atoms with Crippen LogP contribution in [0, 0.1) is 6.92 Å². The third-order valence-electron chi connectivity index (χ3n) is 3.85. The Morgan fingerprint density at radius 2 is 2.07 bits per heavy atom. The first-order valence-electron chi connectivity index (χ1n) is 8.16. The van der Waals surface area contributed by atoms with Crippen LogP contribution >= 0.6 is 38.9 Å². The van der Waals surface area contributed by atoms with Crippen molar-refractivity contribution < 1.29 is 4.79 Å². The number of thiazole rings is 1. The molecule has 0 aliphatic carbocycles. The fraction of sp³-hybridized carbons (Fsp3) is 0.100. The predicted octanol–water partition coefficient (Wildman–Crippen LogP) is 5.37. The van der Waals surface area contributed by atoms with E-state index in [-0.39, 0.29) is 5.91 Å². The van der Waals surface area contributed by atoms with Gasteiger partial charge >= 0.3 is 0 Å². The zero-order valence-corrected chi connectivity index (χ0v) is 17.7. The summed E-state index contributed by atoms with van der Waals surface area (Å²) in [7, 11) is 0. The van der Waals surface area contributed by atoms with Gasteiger partial charge in [0.1, 0.15) is 0 Å². The summed E-state index contributed by atoms with van der Waals surface area (Å²) >= 11 is 10.9. The van der Waals surface area contributed by atoms with Gasteiger partial charge in [-0.3, -0.25) is 4.79 Å². The molecule has 0 atom stereocenters. The van der Waals surface area contributed by atoms with Gasteiger partial charge in [-0.05, 0) is 42.8 Å². The van der Waals surface area contributed by atoms with Gasteiger partial charge in [0.15, 0.2) is 0 Å². The number of benzene rings is 2. The highest BCUT2D eigenvalue weighted by Gasteiger charge is 2.13. The second kappa shape index (κ2) is 8.69. The minimum Gasteiger partial charge on any atom is -0.311 e. The molecule has 0 aliphatic rings. The maximum absolute atomic E-state index is 12.4. The monoisotopic (exact) mass is 461 g/mol. The zero-order valence-electron chi connectivity index (χ0n) is 14.6. The Bertz CT molecular complexity index is 1050. The molecule has 1 amide bonds. The minimum atomic E-state index is -0.263. The van der Waals surface area contributed by atoms with Gasteiger partial charge in [-0.15, -0.1) is 11.7 Å². The van der Waals surface area contributed by atoms with Crippen LogP contribution in [0.3, 0.4) is 0 Å². The summed E-state index contributed by atoms with van der Waals surface area (Å²) < 4.78 is 2.87. The van der Waals surface area contributed by atoms with Crippen molar-refractivity contribution in [3.63, 3.8) is 0 Å². The van der Waals surface area contributed by atoms with Crippen molar-refractivity contribution in [2.45, 2.75) is 13.5 Å². The van der Waals surface area contributed by atoms with Gasteiger partial charge in [0.2, 0.25) is 4.80 Å². The number of hydrogen-bond donors (Lipinski definition) is 1. The van der Waals surface area contributed by atoms with Gasteiger partial charge < -0.3 is 4.57 Å². The number of aromatic nitrogens is 1. The Morgan fingerprint density at radius 3 is 2.74 bits per heavy atom. The molecule has 1 N–H and O–H groups in total. The summed E-state index contributed by atoms with van der Waals surface area (Å²) in [6, 6.07) is 14.8.